The molecule has 180 valence electrons. The number of carbonyl (C=O) groups is 2. The molecule has 2 amide bonds. The average molecular weight is 497 g/mol. The largest absolute Gasteiger partial charge is 0.497 e. The van der Waals surface area contributed by atoms with Crippen LogP contribution in [0.4, 0.5) is 11.4 Å². The summed E-state index contributed by atoms with van der Waals surface area (Å²) < 4.78 is 5.20. The second-order valence-corrected chi connectivity index (χ2v) is 9.16. The number of hydrogen-bond acceptors (Lipinski definition) is 6. The number of aliphatic imine (C=N–C) groups is 1. The molecule has 0 aromatic heterocycles. The van der Waals surface area contributed by atoms with Gasteiger partial charge in [0.15, 0.2) is 5.17 Å². The van der Waals surface area contributed by atoms with E-state index >= 15 is 0 Å². The van der Waals surface area contributed by atoms with Crippen LogP contribution in [0, 0.1) is 25.2 Å². The molecule has 0 bridgehead atoms. The summed E-state index contributed by atoms with van der Waals surface area (Å²) in [6, 6.07) is 22.0. The fourth-order valence-corrected chi connectivity index (χ4v) is 4.56. The highest BCUT2D eigenvalue weighted by Crippen LogP contribution is 2.31. The van der Waals surface area contributed by atoms with Gasteiger partial charge in [0.2, 0.25) is 5.91 Å². The third-order valence-electron chi connectivity index (χ3n) is 5.32. The molecule has 4 rings (SSSR count). The number of amidine groups is 1. The Morgan fingerprint density at radius 1 is 1.11 bits per heavy atom. The van der Waals surface area contributed by atoms with Gasteiger partial charge in [0, 0.05) is 5.69 Å². The minimum atomic E-state index is -0.266. The van der Waals surface area contributed by atoms with Crippen LogP contribution < -0.4 is 15.0 Å². The van der Waals surface area contributed by atoms with Crippen molar-refractivity contribution in [2.24, 2.45) is 4.99 Å². The lowest BCUT2D eigenvalue weighted by Crippen LogP contribution is -2.31. The number of thioether (sulfide) groups is 1. The van der Waals surface area contributed by atoms with E-state index < -0.39 is 0 Å². The number of rotatable bonds is 6. The molecule has 0 radical (unpaired) electrons. The predicted molar refractivity (Wildman–Crippen MR) is 144 cm³/mol. The molecule has 7 nitrogen and oxygen atoms in total. The molecule has 0 aliphatic carbocycles. The van der Waals surface area contributed by atoms with Crippen molar-refractivity contribution in [2.75, 3.05) is 23.1 Å². The van der Waals surface area contributed by atoms with Crippen LogP contribution in [0.15, 0.2) is 77.4 Å². The van der Waals surface area contributed by atoms with Gasteiger partial charge in [-0.3, -0.25) is 14.5 Å². The van der Waals surface area contributed by atoms with Crippen LogP contribution in [-0.2, 0) is 9.59 Å². The summed E-state index contributed by atoms with van der Waals surface area (Å²) in [6.07, 6.45) is 1.72. The summed E-state index contributed by atoms with van der Waals surface area (Å²) in [6.45, 7) is 3.94. The Morgan fingerprint density at radius 2 is 1.83 bits per heavy atom. The molecular formula is C28H24N4O3S. The number of benzene rings is 3. The van der Waals surface area contributed by atoms with E-state index in [9.17, 15) is 9.59 Å². The molecule has 36 heavy (non-hydrogen) atoms. The highest BCUT2D eigenvalue weighted by molar-refractivity contribution is 8.14. The second kappa shape index (κ2) is 10.9. The molecule has 0 saturated carbocycles. The number of ether oxygens (including phenoxy) is 1. The molecule has 8 heteroatoms. The van der Waals surface area contributed by atoms with E-state index in [1.54, 1.807) is 42.4 Å². The van der Waals surface area contributed by atoms with Crippen LogP contribution in [0.5, 0.6) is 5.75 Å². The van der Waals surface area contributed by atoms with Gasteiger partial charge >= 0.3 is 0 Å². The topological polar surface area (TPSA) is 94.8 Å². The molecule has 0 saturated heterocycles. The summed E-state index contributed by atoms with van der Waals surface area (Å²) in [5, 5.41) is 12.3. The Labute approximate surface area is 214 Å². The number of amides is 2. The first kappa shape index (κ1) is 24.8. The lowest BCUT2D eigenvalue weighted by atomic mass is 10.1. The predicted octanol–water partition coefficient (Wildman–Crippen LogP) is 5.30. The van der Waals surface area contributed by atoms with Crippen molar-refractivity contribution in [2.45, 2.75) is 13.8 Å². The number of methoxy groups -OCH3 is 1. The molecule has 0 atom stereocenters. The van der Waals surface area contributed by atoms with Gasteiger partial charge in [0.25, 0.3) is 5.91 Å². The molecule has 0 unspecified atom stereocenters. The number of hydrogen-bond donors (Lipinski definition) is 1. The Kier molecular flexibility index (Phi) is 7.52. The summed E-state index contributed by atoms with van der Waals surface area (Å²) in [4.78, 5) is 32.2. The van der Waals surface area contributed by atoms with Gasteiger partial charge in [-0.2, -0.15) is 5.26 Å². The highest BCUT2D eigenvalue weighted by atomic mass is 32.2. The molecule has 0 fully saturated rings. The van der Waals surface area contributed by atoms with E-state index in [0.717, 1.165) is 22.4 Å². The number of nitriles is 1. The van der Waals surface area contributed by atoms with Gasteiger partial charge in [-0.1, -0.05) is 36.0 Å². The molecule has 0 spiro atoms. The lowest BCUT2D eigenvalue weighted by molar-refractivity contribution is -0.114. The number of aryl methyl sites for hydroxylation is 2. The standard InChI is InChI=1S/C28H24N4O3S/c1-18-11-19(2)13-23(12-18)32-27(34)25(15-20-7-9-24(35-3)10-8-20)31-28(32)36-17-26(33)30-22-6-4-5-21(14-22)16-29/h4-15H,17H2,1-3H3,(H,30,33)/b25-15+. The van der Waals surface area contributed by atoms with E-state index in [1.165, 1.54) is 11.8 Å². The van der Waals surface area contributed by atoms with Crippen LogP contribution in [0.25, 0.3) is 6.08 Å². The molecule has 1 N–H and O–H groups in total. The van der Waals surface area contributed by atoms with Crippen LogP contribution in [0.1, 0.15) is 22.3 Å². The maximum atomic E-state index is 13.4. The zero-order chi connectivity index (χ0) is 25.7. The summed E-state index contributed by atoms with van der Waals surface area (Å²) >= 11 is 1.18. The van der Waals surface area contributed by atoms with Gasteiger partial charge in [0.1, 0.15) is 11.4 Å². The average Bonchev–Trinajstić information content (AvgIpc) is 3.17. The smallest absolute Gasteiger partial charge is 0.283 e. The first-order chi connectivity index (χ1) is 17.4. The third-order valence-corrected chi connectivity index (χ3v) is 6.26. The van der Waals surface area contributed by atoms with Crippen LogP contribution in [0.3, 0.4) is 0 Å². The Hall–Kier alpha value is -4.35. The highest BCUT2D eigenvalue weighted by Gasteiger charge is 2.32. The fraction of sp³-hybridized carbons (Fsp3) is 0.143. The third kappa shape index (κ3) is 5.82. The van der Waals surface area contributed by atoms with Gasteiger partial charge in [0.05, 0.1) is 30.2 Å². The second-order valence-electron chi connectivity index (χ2n) is 8.21. The van der Waals surface area contributed by atoms with E-state index in [2.05, 4.69) is 16.4 Å². The fourth-order valence-electron chi connectivity index (χ4n) is 3.75. The van der Waals surface area contributed by atoms with Crippen molar-refractivity contribution in [1.29, 1.82) is 5.26 Å². The van der Waals surface area contributed by atoms with Crippen LogP contribution in [-0.4, -0.2) is 29.8 Å². The van der Waals surface area contributed by atoms with Gasteiger partial charge < -0.3 is 10.1 Å². The van der Waals surface area contributed by atoms with Crippen molar-refractivity contribution in [3.05, 3.63) is 94.7 Å². The van der Waals surface area contributed by atoms with Crippen molar-refractivity contribution >= 4 is 46.2 Å². The van der Waals surface area contributed by atoms with Crippen molar-refractivity contribution in [1.82, 2.24) is 0 Å². The summed E-state index contributed by atoms with van der Waals surface area (Å²) in [5.41, 5.74) is 4.82. The van der Waals surface area contributed by atoms with E-state index in [-0.39, 0.29) is 23.3 Å². The van der Waals surface area contributed by atoms with E-state index in [0.29, 0.717) is 22.1 Å². The maximum absolute atomic E-state index is 13.4. The van der Waals surface area contributed by atoms with Crippen molar-refractivity contribution in [3.8, 4) is 11.8 Å². The maximum Gasteiger partial charge on any atom is 0.283 e. The molecule has 1 aliphatic heterocycles. The quantitative estimate of drug-likeness (QED) is 0.468. The lowest BCUT2D eigenvalue weighted by Gasteiger charge is -2.19. The first-order valence-corrected chi connectivity index (χ1v) is 12.1. The zero-order valence-corrected chi connectivity index (χ0v) is 20.9. The monoisotopic (exact) mass is 496 g/mol. The van der Waals surface area contributed by atoms with E-state index in [4.69, 9.17) is 10.00 Å². The van der Waals surface area contributed by atoms with Gasteiger partial charge in [-0.15, -0.1) is 0 Å². The molecule has 3 aromatic rings. The van der Waals surface area contributed by atoms with Crippen molar-refractivity contribution < 1.29 is 14.3 Å². The SMILES string of the molecule is COc1ccc(/C=C2/N=C(SCC(=O)Nc3cccc(C#N)c3)N(c3cc(C)cc(C)c3)C2=O)cc1. The Bertz CT molecular complexity index is 1400. The zero-order valence-electron chi connectivity index (χ0n) is 20.1. The number of anilines is 2. The molecule has 1 heterocycles. The number of carbonyl (C=O) groups excluding carboxylic acids is 2. The van der Waals surface area contributed by atoms with Crippen LogP contribution in [0.2, 0.25) is 0 Å². The summed E-state index contributed by atoms with van der Waals surface area (Å²) in [7, 11) is 1.60. The summed E-state index contributed by atoms with van der Waals surface area (Å²) in [5.74, 6) is 0.233. The molecule has 3 aromatic carbocycles. The van der Waals surface area contributed by atoms with Crippen molar-refractivity contribution in [3.63, 3.8) is 0 Å². The van der Waals surface area contributed by atoms with Crippen LogP contribution >= 0.6 is 11.8 Å². The molecular weight excluding hydrogens is 472 g/mol. The van der Waals surface area contributed by atoms with E-state index in [1.807, 2.05) is 56.3 Å². The minimum Gasteiger partial charge on any atom is -0.497 e. The minimum absolute atomic E-state index is 0.0417. The Morgan fingerprint density at radius 3 is 2.50 bits per heavy atom. The van der Waals surface area contributed by atoms with Gasteiger partial charge in [-0.25, -0.2) is 4.99 Å². The first-order valence-electron chi connectivity index (χ1n) is 11.2. The number of nitrogens with zero attached hydrogens (tertiary/aromatic N) is 3. The Balaban J connectivity index is 1.59. The normalized spacial score (nSPS) is 13.9. The molecule has 1 aliphatic rings. The number of nitrogens with one attached hydrogen (secondary N) is 1. The van der Waals surface area contributed by atoms with Gasteiger partial charge in [-0.05, 0) is 79.1 Å².